The van der Waals surface area contributed by atoms with E-state index in [1.165, 1.54) is 0 Å². The van der Waals surface area contributed by atoms with Crippen molar-refractivity contribution in [3.8, 4) is 6.07 Å². The highest BCUT2D eigenvalue weighted by molar-refractivity contribution is 5.81. The monoisotopic (exact) mass is 426 g/mol. The maximum Gasteiger partial charge on any atom is 0.226 e. The number of anilines is 1. The number of ether oxygens (including phenoxy) is 1. The van der Waals surface area contributed by atoms with Crippen molar-refractivity contribution in [1.82, 2.24) is 9.88 Å². The second-order valence-electron chi connectivity index (χ2n) is 10.4. The summed E-state index contributed by atoms with van der Waals surface area (Å²) >= 11 is 0. The summed E-state index contributed by atoms with van der Waals surface area (Å²) in [5.74, 6) is 1.15. The van der Waals surface area contributed by atoms with E-state index >= 15 is 4.39 Å². The maximum atomic E-state index is 15.0. The first-order chi connectivity index (χ1) is 14.8. The van der Waals surface area contributed by atoms with Crippen molar-refractivity contribution in [3.05, 3.63) is 22.4 Å². The summed E-state index contributed by atoms with van der Waals surface area (Å²) in [5.41, 5.74) is 3.31. The molecule has 6 nitrogen and oxygen atoms in total. The van der Waals surface area contributed by atoms with Gasteiger partial charge in [0.2, 0.25) is 5.91 Å². The van der Waals surface area contributed by atoms with Crippen molar-refractivity contribution in [3.63, 3.8) is 0 Å². The Kier molecular flexibility index (Phi) is 4.97. The summed E-state index contributed by atoms with van der Waals surface area (Å²) < 4.78 is 21.1. The molecule has 3 heterocycles. The third-order valence-corrected chi connectivity index (χ3v) is 7.05. The predicted molar refractivity (Wildman–Crippen MR) is 115 cm³/mol. The van der Waals surface area contributed by atoms with Gasteiger partial charge in [-0.05, 0) is 52.0 Å². The van der Waals surface area contributed by atoms with Gasteiger partial charge in [0.05, 0.1) is 36.6 Å². The van der Waals surface area contributed by atoms with Gasteiger partial charge in [-0.15, -0.1) is 0 Å². The van der Waals surface area contributed by atoms with Crippen LogP contribution in [0, 0.1) is 17.2 Å². The minimum Gasteiger partial charge on any atom is -0.370 e. The van der Waals surface area contributed by atoms with E-state index in [-0.39, 0.29) is 36.6 Å². The van der Waals surface area contributed by atoms with Crippen molar-refractivity contribution in [1.29, 1.82) is 5.26 Å². The Balaban J connectivity index is 1.54. The molecule has 1 amide bonds. The number of alkyl halides is 1. The van der Waals surface area contributed by atoms with Crippen LogP contribution in [0.25, 0.3) is 0 Å². The van der Waals surface area contributed by atoms with Gasteiger partial charge < -0.3 is 14.5 Å². The highest BCUT2D eigenvalue weighted by Crippen LogP contribution is 2.46. The van der Waals surface area contributed by atoms with Gasteiger partial charge in [0.25, 0.3) is 0 Å². The number of hydrogen-bond donors (Lipinski definition) is 0. The lowest BCUT2D eigenvalue weighted by Gasteiger charge is -2.35. The molecule has 4 aliphatic rings. The second kappa shape index (κ2) is 7.44. The van der Waals surface area contributed by atoms with Gasteiger partial charge in [0.1, 0.15) is 18.1 Å². The molecule has 0 spiro atoms. The minimum absolute atomic E-state index is 0.0708. The largest absolute Gasteiger partial charge is 0.370 e. The van der Waals surface area contributed by atoms with E-state index in [2.05, 4.69) is 6.07 Å². The summed E-state index contributed by atoms with van der Waals surface area (Å²) in [7, 11) is 0. The summed E-state index contributed by atoms with van der Waals surface area (Å²) in [6, 6.07) is 2.27. The first-order valence-corrected chi connectivity index (χ1v) is 11.6. The summed E-state index contributed by atoms with van der Waals surface area (Å²) in [5, 5.41) is 10.1. The number of hydrogen-bond acceptors (Lipinski definition) is 5. The molecule has 2 saturated carbocycles. The predicted octanol–water partition coefficient (Wildman–Crippen LogP) is 3.47. The van der Waals surface area contributed by atoms with Gasteiger partial charge in [-0.1, -0.05) is 0 Å². The molecular weight excluding hydrogens is 395 g/mol. The van der Waals surface area contributed by atoms with E-state index in [9.17, 15) is 10.1 Å². The van der Waals surface area contributed by atoms with Crippen LogP contribution in [-0.4, -0.2) is 53.2 Å². The van der Waals surface area contributed by atoms with Crippen LogP contribution >= 0.6 is 0 Å². The van der Waals surface area contributed by atoms with Gasteiger partial charge >= 0.3 is 0 Å². The Labute approximate surface area is 183 Å². The average Bonchev–Trinajstić information content (AvgIpc) is 3.60. The van der Waals surface area contributed by atoms with Crippen LogP contribution in [0.2, 0.25) is 0 Å². The molecule has 5 rings (SSSR count). The van der Waals surface area contributed by atoms with E-state index in [0.29, 0.717) is 36.9 Å². The molecule has 1 aromatic rings. The fourth-order valence-electron chi connectivity index (χ4n) is 5.05. The second-order valence-corrected chi connectivity index (χ2v) is 10.4. The van der Waals surface area contributed by atoms with Gasteiger partial charge in [-0.3, -0.25) is 4.79 Å². The van der Waals surface area contributed by atoms with E-state index in [1.54, 1.807) is 4.90 Å². The average molecular weight is 427 g/mol. The molecule has 1 aromatic heterocycles. The number of nitrogens with zero attached hydrogens (tertiary/aromatic N) is 4. The van der Waals surface area contributed by atoms with E-state index in [4.69, 9.17) is 9.72 Å². The Morgan fingerprint density at radius 3 is 2.58 bits per heavy atom. The topological polar surface area (TPSA) is 69.5 Å². The van der Waals surface area contributed by atoms with Crippen molar-refractivity contribution in [2.75, 3.05) is 24.5 Å². The zero-order chi connectivity index (χ0) is 21.9. The Bertz CT molecular complexity index is 948. The number of amides is 1. The Morgan fingerprint density at radius 2 is 1.94 bits per heavy atom. The zero-order valence-electron chi connectivity index (χ0n) is 18.7. The zero-order valence-corrected chi connectivity index (χ0v) is 18.7. The molecule has 166 valence electrons. The van der Waals surface area contributed by atoms with E-state index in [0.717, 1.165) is 42.5 Å². The number of rotatable bonds is 3. The van der Waals surface area contributed by atoms with Crippen molar-refractivity contribution in [2.24, 2.45) is 5.92 Å². The minimum atomic E-state index is -1.17. The smallest absolute Gasteiger partial charge is 0.226 e. The Hall–Kier alpha value is -2.20. The lowest BCUT2D eigenvalue weighted by atomic mass is 9.87. The number of carbonyl (C=O) groups excluding carboxylic acids is 1. The van der Waals surface area contributed by atoms with Gasteiger partial charge in [-0.2, -0.15) is 5.26 Å². The lowest BCUT2D eigenvalue weighted by molar-refractivity contribution is -0.134. The molecule has 2 atom stereocenters. The molecule has 1 saturated heterocycles. The highest BCUT2D eigenvalue weighted by atomic mass is 19.1. The molecule has 2 aliphatic carbocycles. The fraction of sp³-hybridized carbons (Fsp3) is 0.708. The normalized spacial score (nSPS) is 28.0. The summed E-state index contributed by atoms with van der Waals surface area (Å²) in [6.45, 7) is 7.31. The molecule has 3 fully saturated rings. The molecule has 0 radical (unpaired) electrons. The highest BCUT2D eigenvalue weighted by Gasteiger charge is 2.41. The number of carbonyl (C=O) groups is 1. The SMILES string of the molecule is CC1CN(c2nc(C3CC3)c3c(c2C#N)CC(C)(C)OC3)CC(F)CN1C(=O)C1CC1. The molecule has 2 unspecified atom stereocenters. The number of fused-ring (bicyclic) bond motifs is 1. The van der Waals surface area contributed by atoms with Crippen LogP contribution < -0.4 is 4.90 Å². The van der Waals surface area contributed by atoms with E-state index < -0.39 is 6.17 Å². The number of pyridine rings is 1. The van der Waals surface area contributed by atoms with Gasteiger partial charge in [0, 0.05) is 36.4 Å². The molecule has 7 heteroatoms. The quantitative estimate of drug-likeness (QED) is 0.740. The van der Waals surface area contributed by atoms with E-state index in [1.807, 2.05) is 25.7 Å². The number of nitriles is 1. The van der Waals surface area contributed by atoms with Crippen LogP contribution in [0.1, 0.15) is 74.8 Å². The standard InChI is InChI=1S/C24H31FN4O2/c1-14-10-28(11-17(25)12-29(14)23(30)16-6-7-16)22-19(9-26)18-8-24(2,3)31-13-20(18)21(27-22)15-4-5-15/h14-17H,4-8,10-13H2,1-3H3. The maximum absolute atomic E-state index is 15.0. The van der Waals surface area contributed by atoms with Crippen molar-refractivity contribution >= 4 is 11.7 Å². The molecule has 0 N–H and O–H groups in total. The number of halogens is 1. The van der Waals surface area contributed by atoms with Crippen molar-refractivity contribution in [2.45, 2.75) is 83.2 Å². The van der Waals surface area contributed by atoms with Crippen LogP contribution in [0.3, 0.4) is 0 Å². The summed E-state index contributed by atoms with van der Waals surface area (Å²) in [6.07, 6.45) is 3.50. The van der Waals surface area contributed by atoms with Crippen LogP contribution in [0.15, 0.2) is 0 Å². The van der Waals surface area contributed by atoms with Crippen LogP contribution in [0.4, 0.5) is 10.2 Å². The third kappa shape index (κ3) is 3.91. The molecule has 0 aromatic carbocycles. The Morgan fingerprint density at radius 1 is 1.19 bits per heavy atom. The van der Waals surface area contributed by atoms with Gasteiger partial charge in [0.15, 0.2) is 0 Å². The van der Waals surface area contributed by atoms with Gasteiger partial charge in [-0.25, -0.2) is 9.37 Å². The summed E-state index contributed by atoms with van der Waals surface area (Å²) in [4.78, 5) is 21.3. The van der Waals surface area contributed by atoms with Crippen LogP contribution in [0.5, 0.6) is 0 Å². The third-order valence-electron chi connectivity index (χ3n) is 7.05. The molecule has 2 aliphatic heterocycles. The first-order valence-electron chi connectivity index (χ1n) is 11.6. The van der Waals surface area contributed by atoms with Crippen molar-refractivity contribution < 1.29 is 13.9 Å². The lowest BCUT2D eigenvalue weighted by Crippen LogP contribution is -2.44. The molecule has 31 heavy (non-hydrogen) atoms. The van der Waals surface area contributed by atoms with Crippen LogP contribution in [-0.2, 0) is 22.6 Å². The first kappa shape index (κ1) is 20.7. The molecular formula is C24H31FN4O2. The molecule has 0 bridgehead atoms. The number of aromatic nitrogens is 1. The fourth-order valence-corrected chi connectivity index (χ4v) is 5.05.